The summed E-state index contributed by atoms with van der Waals surface area (Å²) in [5.41, 5.74) is 1.83. The van der Waals surface area contributed by atoms with Crippen LogP contribution in [-0.2, 0) is 14.3 Å². The van der Waals surface area contributed by atoms with Crippen LogP contribution in [0.25, 0.3) is 0 Å². The number of rotatable bonds is 4. The van der Waals surface area contributed by atoms with Gasteiger partial charge in [0.15, 0.2) is 0 Å². The van der Waals surface area contributed by atoms with Crippen molar-refractivity contribution in [2.45, 2.75) is 63.1 Å². The standard InChI is InChI=1S/C27H30FN3O4/c1-35-27(34)29-16-8-15-23(29)25(32)31(20-12-7-9-18(28)17-20)24-21-13-5-6-14-22(21)30(26(24)33)19-10-3-2-4-11-19/h5-7,9,12-14,17,19,23-24H,2-4,8,10-11,15-16H2,1H3/t23-,24+/m1/s1. The molecule has 2 aromatic carbocycles. The van der Waals surface area contributed by atoms with Gasteiger partial charge < -0.3 is 9.64 Å². The van der Waals surface area contributed by atoms with Crippen molar-refractivity contribution in [1.82, 2.24) is 4.90 Å². The Labute approximate surface area is 204 Å². The molecule has 184 valence electrons. The summed E-state index contributed by atoms with van der Waals surface area (Å²) >= 11 is 0. The molecule has 0 radical (unpaired) electrons. The van der Waals surface area contributed by atoms with Crippen LogP contribution in [-0.4, -0.2) is 48.5 Å². The molecule has 0 N–H and O–H groups in total. The zero-order valence-corrected chi connectivity index (χ0v) is 19.9. The van der Waals surface area contributed by atoms with Crippen LogP contribution in [0.1, 0.15) is 56.6 Å². The third kappa shape index (κ3) is 4.15. The highest BCUT2D eigenvalue weighted by Gasteiger charge is 2.48. The van der Waals surface area contributed by atoms with Gasteiger partial charge in [-0.25, -0.2) is 9.18 Å². The smallest absolute Gasteiger partial charge is 0.410 e. The first-order valence-corrected chi connectivity index (χ1v) is 12.4. The van der Waals surface area contributed by atoms with Crippen LogP contribution in [0.3, 0.4) is 0 Å². The first-order chi connectivity index (χ1) is 17.0. The maximum atomic E-state index is 14.4. The predicted molar refractivity (Wildman–Crippen MR) is 130 cm³/mol. The Morgan fingerprint density at radius 1 is 1.00 bits per heavy atom. The molecule has 35 heavy (non-hydrogen) atoms. The maximum absolute atomic E-state index is 14.4. The van der Waals surface area contributed by atoms with E-state index in [-0.39, 0.29) is 11.9 Å². The average molecular weight is 480 g/mol. The molecule has 1 saturated carbocycles. The minimum Gasteiger partial charge on any atom is -0.453 e. The Morgan fingerprint density at radius 2 is 1.77 bits per heavy atom. The normalized spacial score (nSPS) is 22.3. The number of ether oxygens (including phenoxy) is 1. The largest absolute Gasteiger partial charge is 0.453 e. The van der Waals surface area contributed by atoms with Gasteiger partial charge in [-0.15, -0.1) is 0 Å². The van der Waals surface area contributed by atoms with E-state index < -0.39 is 29.9 Å². The van der Waals surface area contributed by atoms with Gasteiger partial charge in [0.1, 0.15) is 17.9 Å². The summed E-state index contributed by atoms with van der Waals surface area (Å²) < 4.78 is 19.3. The summed E-state index contributed by atoms with van der Waals surface area (Å²) in [5, 5.41) is 0. The van der Waals surface area contributed by atoms with E-state index in [1.165, 1.54) is 35.1 Å². The molecule has 0 unspecified atom stereocenters. The maximum Gasteiger partial charge on any atom is 0.410 e. The lowest BCUT2D eigenvalue weighted by atomic mass is 9.94. The van der Waals surface area contributed by atoms with Crippen molar-refractivity contribution in [1.29, 1.82) is 0 Å². The topological polar surface area (TPSA) is 70.2 Å². The van der Waals surface area contributed by atoms with E-state index in [0.29, 0.717) is 25.1 Å². The third-order valence-electron chi connectivity index (χ3n) is 7.43. The van der Waals surface area contributed by atoms with Gasteiger partial charge in [0.25, 0.3) is 11.8 Å². The predicted octanol–water partition coefficient (Wildman–Crippen LogP) is 4.81. The Hall–Kier alpha value is -3.42. The SMILES string of the molecule is COC(=O)N1CCC[C@@H]1C(=O)N(c1cccc(F)c1)[C@@H]1C(=O)N(C2CCCCC2)c2ccccc21. The summed E-state index contributed by atoms with van der Waals surface area (Å²) in [4.78, 5) is 45.2. The molecule has 1 aliphatic carbocycles. The quantitative estimate of drug-likeness (QED) is 0.631. The van der Waals surface area contributed by atoms with E-state index in [1.807, 2.05) is 29.2 Å². The van der Waals surface area contributed by atoms with Gasteiger partial charge in [0.05, 0.1) is 7.11 Å². The van der Waals surface area contributed by atoms with E-state index in [9.17, 15) is 18.8 Å². The molecular weight excluding hydrogens is 449 g/mol. The van der Waals surface area contributed by atoms with Crippen molar-refractivity contribution < 1.29 is 23.5 Å². The molecule has 0 spiro atoms. The Balaban J connectivity index is 1.59. The highest BCUT2D eigenvalue weighted by molar-refractivity contribution is 6.13. The first-order valence-electron chi connectivity index (χ1n) is 12.4. The zero-order valence-electron chi connectivity index (χ0n) is 19.9. The fourth-order valence-electron chi connectivity index (χ4n) is 5.84. The molecule has 3 amide bonds. The van der Waals surface area contributed by atoms with E-state index in [1.54, 1.807) is 6.07 Å². The van der Waals surface area contributed by atoms with Crippen molar-refractivity contribution >= 4 is 29.3 Å². The number of halogens is 1. The van der Waals surface area contributed by atoms with Gasteiger partial charge in [-0.3, -0.25) is 19.4 Å². The summed E-state index contributed by atoms with van der Waals surface area (Å²) in [6.07, 6.45) is 5.62. The number of nitrogens with zero attached hydrogens (tertiary/aromatic N) is 3. The summed E-state index contributed by atoms with van der Waals surface area (Å²) in [6, 6.07) is 11.7. The molecule has 8 heteroatoms. The molecule has 2 aromatic rings. The highest BCUT2D eigenvalue weighted by atomic mass is 19.1. The van der Waals surface area contributed by atoms with Gasteiger partial charge in [0, 0.05) is 29.5 Å². The van der Waals surface area contributed by atoms with Gasteiger partial charge in [-0.1, -0.05) is 43.5 Å². The summed E-state index contributed by atoms with van der Waals surface area (Å²) in [5.74, 6) is -1.09. The molecule has 2 heterocycles. The number of anilines is 2. The Kier molecular flexibility index (Phi) is 6.45. The first kappa shape index (κ1) is 23.3. The van der Waals surface area contributed by atoms with E-state index in [4.69, 9.17) is 4.74 Å². The van der Waals surface area contributed by atoms with Crippen LogP contribution < -0.4 is 9.80 Å². The van der Waals surface area contributed by atoms with E-state index in [0.717, 1.165) is 43.4 Å². The molecule has 7 nitrogen and oxygen atoms in total. The lowest BCUT2D eigenvalue weighted by Gasteiger charge is -2.35. The highest BCUT2D eigenvalue weighted by Crippen LogP contribution is 2.45. The number of benzene rings is 2. The van der Waals surface area contributed by atoms with Crippen molar-refractivity contribution in [2.75, 3.05) is 23.5 Å². The molecule has 0 bridgehead atoms. The number of para-hydroxylation sites is 1. The summed E-state index contributed by atoms with van der Waals surface area (Å²) in [7, 11) is 1.28. The third-order valence-corrected chi connectivity index (χ3v) is 7.43. The van der Waals surface area contributed by atoms with Crippen LogP contribution >= 0.6 is 0 Å². The molecule has 3 aliphatic rings. The number of hydrogen-bond donors (Lipinski definition) is 0. The monoisotopic (exact) mass is 479 g/mol. The van der Waals surface area contributed by atoms with Crippen molar-refractivity contribution in [3.8, 4) is 0 Å². The molecule has 2 fully saturated rings. The number of amides is 3. The number of likely N-dealkylation sites (tertiary alicyclic amines) is 1. The van der Waals surface area contributed by atoms with Crippen LogP contribution in [0.2, 0.25) is 0 Å². The number of hydrogen-bond acceptors (Lipinski definition) is 4. The zero-order chi connectivity index (χ0) is 24.5. The number of methoxy groups -OCH3 is 1. The molecule has 0 aromatic heterocycles. The van der Waals surface area contributed by atoms with E-state index in [2.05, 4.69) is 0 Å². The fraction of sp³-hybridized carbons (Fsp3) is 0.444. The second-order valence-electron chi connectivity index (χ2n) is 9.47. The molecular formula is C27H30FN3O4. The van der Waals surface area contributed by atoms with E-state index >= 15 is 0 Å². The average Bonchev–Trinajstić information content (AvgIpc) is 3.48. The van der Waals surface area contributed by atoms with Crippen LogP contribution in [0.4, 0.5) is 20.6 Å². The van der Waals surface area contributed by atoms with Gasteiger partial charge in [0.2, 0.25) is 0 Å². The van der Waals surface area contributed by atoms with Crippen LogP contribution in [0, 0.1) is 5.82 Å². The molecule has 2 aliphatic heterocycles. The lowest BCUT2D eigenvalue weighted by molar-refractivity contribution is -0.127. The van der Waals surface area contributed by atoms with Crippen LogP contribution in [0.15, 0.2) is 48.5 Å². The van der Waals surface area contributed by atoms with Crippen LogP contribution in [0.5, 0.6) is 0 Å². The second-order valence-corrected chi connectivity index (χ2v) is 9.47. The minimum atomic E-state index is -0.928. The van der Waals surface area contributed by atoms with Gasteiger partial charge in [-0.05, 0) is 49.9 Å². The Morgan fingerprint density at radius 3 is 2.51 bits per heavy atom. The van der Waals surface area contributed by atoms with Crippen molar-refractivity contribution in [3.05, 3.63) is 59.9 Å². The second kappa shape index (κ2) is 9.68. The number of carbonyl (C=O) groups is 3. The number of fused-ring (bicyclic) bond motifs is 1. The molecule has 2 atom stereocenters. The van der Waals surface area contributed by atoms with Gasteiger partial charge in [-0.2, -0.15) is 0 Å². The summed E-state index contributed by atoms with van der Waals surface area (Å²) in [6.45, 7) is 0.392. The van der Waals surface area contributed by atoms with Crippen molar-refractivity contribution in [2.24, 2.45) is 0 Å². The van der Waals surface area contributed by atoms with Crippen molar-refractivity contribution in [3.63, 3.8) is 0 Å². The minimum absolute atomic E-state index is 0.0740. The Bertz CT molecular complexity index is 1130. The number of carbonyl (C=O) groups excluding carboxylic acids is 3. The lowest BCUT2D eigenvalue weighted by Crippen LogP contribution is -2.51. The fourth-order valence-corrected chi connectivity index (χ4v) is 5.84. The van der Waals surface area contributed by atoms with Gasteiger partial charge >= 0.3 is 6.09 Å². The molecule has 1 saturated heterocycles. The molecule has 5 rings (SSSR count).